The monoisotopic (exact) mass is 533 g/mol. The molecule has 0 aliphatic carbocycles. The Morgan fingerprint density at radius 3 is 2.10 bits per heavy atom. The number of aliphatic hydroxyl groups is 1. The summed E-state index contributed by atoms with van der Waals surface area (Å²) in [5.74, 6) is -5.53. The quantitative estimate of drug-likeness (QED) is 0.506. The van der Waals surface area contributed by atoms with Gasteiger partial charge in [0.05, 0.1) is 6.04 Å². The predicted molar refractivity (Wildman–Crippen MR) is 142 cm³/mol. The molecule has 0 bridgehead atoms. The molecule has 4 rings (SSSR count). The summed E-state index contributed by atoms with van der Waals surface area (Å²) in [5.41, 5.74) is 7.79. The van der Waals surface area contributed by atoms with Gasteiger partial charge in [-0.05, 0) is 41.3 Å². The summed E-state index contributed by atoms with van der Waals surface area (Å²) in [6, 6.07) is 17.8. The number of hydrogen-bond acceptors (Lipinski definition) is 5. The van der Waals surface area contributed by atoms with Crippen molar-refractivity contribution >= 4 is 23.3 Å². The van der Waals surface area contributed by atoms with Gasteiger partial charge in [0.2, 0.25) is 11.8 Å². The summed E-state index contributed by atoms with van der Waals surface area (Å²) < 4.78 is 27.8. The van der Waals surface area contributed by atoms with Crippen LogP contribution < -0.4 is 5.73 Å². The van der Waals surface area contributed by atoms with Crippen molar-refractivity contribution in [3.8, 4) is 0 Å². The number of nitrogens with two attached hydrogens (primary N) is 1. The molecular weight excluding hydrogens is 504 g/mol. The maximum absolute atomic E-state index is 14.0. The minimum absolute atomic E-state index is 0.189. The lowest BCUT2D eigenvalue weighted by Gasteiger charge is -2.36. The zero-order chi connectivity index (χ0) is 28.3. The van der Waals surface area contributed by atoms with Crippen LogP contribution in [0.1, 0.15) is 35.6 Å². The first-order valence-corrected chi connectivity index (χ1v) is 12.4. The van der Waals surface area contributed by atoms with Crippen LogP contribution >= 0.6 is 0 Å². The molecule has 1 aliphatic heterocycles. The minimum Gasteiger partial charge on any atom is -0.378 e. The number of benzene rings is 3. The third-order valence-corrected chi connectivity index (χ3v) is 6.66. The second-order valence-corrected chi connectivity index (χ2v) is 9.57. The third kappa shape index (κ3) is 5.94. The van der Waals surface area contributed by atoms with E-state index in [0.717, 1.165) is 23.3 Å². The number of carbonyl (C=O) groups is 3. The van der Waals surface area contributed by atoms with Gasteiger partial charge in [0.25, 0.3) is 5.91 Å². The molecular formula is C30H29F2N3O4. The number of amides is 3. The maximum Gasteiger partial charge on any atom is 0.263 e. The lowest BCUT2D eigenvalue weighted by molar-refractivity contribution is -0.160. The Bertz CT molecular complexity index is 1380. The van der Waals surface area contributed by atoms with Gasteiger partial charge in [-0.3, -0.25) is 19.3 Å². The van der Waals surface area contributed by atoms with Gasteiger partial charge < -0.3 is 15.7 Å². The molecule has 0 fully saturated rings. The number of aliphatic hydroxyl groups excluding tert-OH is 1. The average molecular weight is 534 g/mol. The summed E-state index contributed by atoms with van der Waals surface area (Å²) in [4.78, 5) is 43.2. The molecule has 1 aliphatic rings. The molecule has 39 heavy (non-hydrogen) atoms. The van der Waals surface area contributed by atoms with Crippen molar-refractivity contribution in [2.24, 2.45) is 5.73 Å². The standard InChI is InChI=1S/C30H29F2N3O4/c1-18(33)28(37)35(30(39)27(36)21-13-23(31)16-24(32)14-21)26-25(20-11-7-4-8-12-20)15-22(17-34(2)29(26)38)19-9-5-3-6-10-19/h3-16,18,25-27,36H,17,33H2,1-2H3/t18-,25+,26-,27-/m0/s1. The maximum atomic E-state index is 14.0. The van der Waals surface area contributed by atoms with Crippen LogP contribution in [0.4, 0.5) is 8.78 Å². The fourth-order valence-corrected chi connectivity index (χ4v) is 4.75. The number of nitrogens with zero attached hydrogens (tertiary/aromatic N) is 2. The van der Waals surface area contributed by atoms with Gasteiger partial charge in [-0.1, -0.05) is 66.7 Å². The highest BCUT2D eigenvalue weighted by Gasteiger charge is 2.45. The van der Waals surface area contributed by atoms with Gasteiger partial charge in [0.15, 0.2) is 6.10 Å². The molecule has 3 aromatic carbocycles. The molecule has 0 saturated heterocycles. The van der Waals surface area contributed by atoms with Crippen LogP contribution in [0.2, 0.25) is 0 Å². The SMILES string of the molecule is C[C@H](N)C(=O)N(C(=O)[C@@H](O)c1cc(F)cc(F)c1)[C@@H]1C(=O)N(C)CC(c2ccccc2)=C[C@@H]1c1ccccc1. The van der Waals surface area contributed by atoms with Crippen molar-refractivity contribution in [2.45, 2.75) is 31.0 Å². The lowest BCUT2D eigenvalue weighted by atomic mass is 9.87. The number of likely N-dealkylation sites (N-methyl/N-ethyl adjacent to an activating group) is 1. The predicted octanol–water partition coefficient (Wildman–Crippen LogP) is 3.41. The van der Waals surface area contributed by atoms with E-state index in [1.807, 2.05) is 36.4 Å². The molecule has 4 atom stereocenters. The Hall–Kier alpha value is -4.21. The van der Waals surface area contributed by atoms with E-state index < -0.39 is 59.0 Å². The third-order valence-electron chi connectivity index (χ3n) is 6.66. The average Bonchev–Trinajstić information content (AvgIpc) is 3.05. The van der Waals surface area contributed by atoms with Crippen LogP contribution in [-0.4, -0.2) is 58.3 Å². The fraction of sp³-hybridized carbons (Fsp3) is 0.233. The van der Waals surface area contributed by atoms with Crippen LogP contribution in [0.3, 0.4) is 0 Å². The number of halogens is 2. The molecule has 1 heterocycles. The van der Waals surface area contributed by atoms with Gasteiger partial charge in [-0.15, -0.1) is 0 Å². The Morgan fingerprint density at radius 2 is 1.54 bits per heavy atom. The molecule has 0 unspecified atom stereocenters. The second kappa shape index (κ2) is 11.7. The Balaban J connectivity index is 1.90. The number of hydrogen-bond donors (Lipinski definition) is 2. The highest BCUT2D eigenvalue weighted by molar-refractivity contribution is 6.04. The summed E-state index contributed by atoms with van der Waals surface area (Å²) in [5, 5.41) is 10.9. The van der Waals surface area contributed by atoms with Crippen molar-refractivity contribution in [1.29, 1.82) is 0 Å². The van der Waals surface area contributed by atoms with Gasteiger partial charge in [-0.25, -0.2) is 8.78 Å². The largest absolute Gasteiger partial charge is 0.378 e. The van der Waals surface area contributed by atoms with Gasteiger partial charge in [-0.2, -0.15) is 0 Å². The molecule has 9 heteroatoms. The van der Waals surface area contributed by atoms with Gasteiger partial charge >= 0.3 is 0 Å². The van der Waals surface area contributed by atoms with Crippen LogP contribution in [-0.2, 0) is 14.4 Å². The number of carbonyl (C=O) groups excluding carboxylic acids is 3. The van der Waals surface area contributed by atoms with E-state index in [2.05, 4.69) is 0 Å². The van der Waals surface area contributed by atoms with Crippen molar-refractivity contribution in [3.05, 3.63) is 113 Å². The molecule has 3 amide bonds. The molecule has 3 N–H and O–H groups in total. The summed E-state index contributed by atoms with van der Waals surface area (Å²) in [6.07, 6.45) is -0.298. The summed E-state index contributed by atoms with van der Waals surface area (Å²) in [7, 11) is 1.55. The van der Waals surface area contributed by atoms with Gasteiger partial charge in [0.1, 0.15) is 17.7 Å². The zero-order valence-electron chi connectivity index (χ0n) is 21.5. The smallest absolute Gasteiger partial charge is 0.263 e. The van der Waals surface area contributed by atoms with E-state index in [-0.39, 0.29) is 6.54 Å². The topological polar surface area (TPSA) is 104 Å². The molecule has 202 valence electrons. The van der Waals surface area contributed by atoms with Gasteiger partial charge in [0, 0.05) is 25.6 Å². The molecule has 3 aromatic rings. The zero-order valence-corrected chi connectivity index (χ0v) is 21.5. The molecule has 0 spiro atoms. The first-order valence-electron chi connectivity index (χ1n) is 12.4. The molecule has 7 nitrogen and oxygen atoms in total. The molecule has 0 radical (unpaired) electrons. The molecule has 0 aromatic heterocycles. The summed E-state index contributed by atoms with van der Waals surface area (Å²) >= 11 is 0. The highest BCUT2D eigenvalue weighted by atomic mass is 19.1. The fourth-order valence-electron chi connectivity index (χ4n) is 4.75. The van der Waals surface area contributed by atoms with Crippen molar-refractivity contribution in [1.82, 2.24) is 9.80 Å². The van der Waals surface area contributed by atoms with Crippen LogP contribution in [0, 0.1) is 11.6 Å². The lowest BCUT2D eigenvalue weighted by Crippen LogP contribution is -2.58. The first-order chi connectivity index (χ1) is 18.6. The highest BCUT2D eigenvalue weighted by Crippen LogP contribution is 2.35. The van der Waals surface area contributed by atoms with E-state index in [1.165, 1.54) is 11.8 Å². The van der Waals surface area contributed by atoms with E-state index in [4.69, 9.17) is 5.73 Å². The van der Waals surface area contributed by atoms with E-state index >= 15 is 0 Å². The van der Waals surface area contributed by atoms with Crippen molar-refractivity contribution in [2.75, 3.05) is 13.6 Å². The minimum atomic E-state index is -2.13. The normalized spacial score (nSPS) is 19.1. The Kier molecular flexibility index (Phi) is 8.32. The van der Waals surface area contributed by atoms with Crippen LogP contribution in [0.15, 0.2) is 84.9 Å². The van der Waals surface area contributed by atoms with Crippen molar-refractivity contribution < 1.29 is 28.3 Å². The van der Waals surface area contributed by atoms with Crippen LogP contribution in [0.5, 0.6) is 0 Å². The van der Waals surface area contributed by atoms with Crippen molar-refractivity contribution in [3.63, 3.8) is 0 Å². The Labute approximate surface area is 225 Å². The number of imide groups is 1. The second-order valence-electron chi connectivity index (χ2n) is 9.57. The Morgan fingerprint density at radius 1 is 0.974 bits per heavy atom. The van der Waals surface area contributed by atoms with Crippen LogP contribution in [0.25, 0.3) is 5.57 Å². The van der Waals surface area contributed by atoms with E-state index in [0.29, 0.717) is 16.5 Å². The molecule has 0 saturated carbocycles. The number of rotatable bonds is 6. The van der Waals surface area contributed by atoms with E-state index in [1.54, 1.807) is 37.4 Å². The van der Waals surface area contributed by atoms with E-state index in [9.17, 15) is 28.3 Å². The summed E-state index contributed by atoms with van der Waals surface area (Å²) in [6.45, 7) is 1.54. The first kappa shape index (κ1) is 27.8.